The van der Waals surface area contributed by atoms with E-state index >= 15 is 0 Å². The van der Waals surface area contributed by atoms with Gasteiger partial charge in [-0.1, -0.05) is 12.1 Å². The molecule has 1 saturated heterocycles. The van der Waals surface area contributed by atoms with Crippen molar-refractivity contribution in [1.82, 2.24) is 9.80 Å². The summed E-state index contributed by atoms with van der Waals surface area (Å²) in [5.41, 5.74) is 0.00849. The zero-order valence-electron chi connectivity index (χ0n) is 14.2. The molecule has 0 bridgehead atoms. The second kappa shape index (κ2) is 7.95. The van der Waals surface area contributed by atoms with Crippen LogP contribution in [0.3, 0.4) is 0 Å². The number of furan rings is 1. The van der Waals surface area contributed by atoms with E-state index in [4.69, 9.17) is 4.42 Å². The van der Waals surface area contributed by atoms with Crippen LogP contribution in [-0.4, -0.2) is 53.6 Å². The Balaban J connectivity index is 1.47. The minimum absolute atomic E-state index is 0.00849. The summed E-state index contributed by atoms with van der Waals surface area (Å²) in [5, 5.41) is 0. The van der Waals surface area contributed by atoms with E-state index in [-0.39, 0.29) is 41.8 Å². The molecule has 6 nitrogen and oxygen atoms in total. The topological polar surface area (TPSA) is 70.8 Å². The molecule has 1 aliphatic heterocycles. The van der Waals surface area contributed by atoms with Gasteiger partial charge in [-0.05, 0) is 24.3 Å². The number of hydrogen-bond donors (Lipinski definition) is 0. The SMILES string of the molecule is O=C(CCC(=O)N1CCN(C(=O)c2ccco2)CC1)c1ccccc1F. The molecule has 2 amide bonds. The fourth-order valence-corrected chi connectivity index (χ4v) is 2.92. The van der Waals surface area contributed by atoms with Crippen molar-refractivity contribution >= 4 is 17.6 Å². The molecular formula is C19H19FN2O4. The maximum Gasteiger partial charge on any atom is 0.289 e. The molecule has 3 rings (SSSR count). The maximum absolute atomic E-state index is 13.6. The average molecular weight is 358 g/mol. The highest BCUT2D eigenvalue weighted by molar-refractivity contribution is 5.98. The van der Waals surface area contributed by atoms with Crippen LogP contribution in [0.4, 0.5) is 4.39 Å². The van der Waals surface area contributed by atoms with Gasteiger partial charge >= 0.3 is 0 Å². The Morgan fingerprint density at radius 3 is 2.27 bits per heavy atom. The zero-order chi connectivity index (χ0) is 18.5. The summed E-state index contributed by atoms with van der Waals surface area (Å²) in [7, 11) is 0. The van der Waals surface area contributed by atoms with Gasteiger partial charge in [0.2, 0.25) is 5.91 Å². The summed E-state index contributed by atoms with van der Waals surface area (Å²) in [4.78, 5) is 39.8. The first-order chi connectivity index (χ1) is 12.6. The second-order valence-corrected chi connectivity index (χ2v) is 6.05. The molecule has 2 heterocycles. The third kappa shape index (κ3) is 3.99. The highest BCUT2D eigenvalue weighted by atomic mass is 19.1. The number of piperazine rings is 1. The van der Waals surface area contributed by atoms with Crippen LogP contribution in [0.5, 0.6) is 0 Å². The number of amides is 2. The van der Waals surface area contributed by atoms with Gasteiger partial charge in [-0.3, -0.25) is 14.4 Å². The van der Waals surface area contributed by atoms with Crippen molar-refractivity contribution in [2.75, 3.05) is 26.2 Å². The van der Waals surface area contributed by atoms with Gasteiger partial charge in [0.25, 0.3) is 5.91 Å². The Morgan fingerprint density at radius 2 is 1.62 bits per heavy atom. The van der Waals surface area contributed by atoms with Crippen LogP contribution in [-0.2, 0) is 4.79 Å². The van der Waals surface area contributed by atoms with Gasteiger partial charge in [-0.25, -0.2) is 4.39 Å². The van der Waals surface area contributed by atoms with E-state index in [1.165, 1.54) is 24.5 Å². The van der Waals surface area contributed by atoms with Crippen LogP contribution < -0.4 is 0 Å². The van der Waals surface area contributed by atoms with E-state index in [1.54, 1.807) is 28.0 Å². The minimum atomic E-state index is -0.574. The summed E-state index contributed by atoms with van der Waals surface area (Å²) in [6.07, 6.45) is 1.43. The van der Waals surface area contributed by atoms with Crippen LogP contribution in [0.25, 0.3) is 0 Å². The van der Waals surface area contributed by atoms with E-state index in [9.17, 15) is 18.8 Å². The lowest BCUT2D eigenvalue weighted by Crippen LogP contribution is -2.50. The molecule has 1 fully saturated rings. The van der Waals surface area contributed by atoms with Crippen LogP contribution >= 0.6 is 0 Å². The van der Waals surface area contributed by atoms with Gasteiger partial charge in [-0.2, -0.15) is 0 Å². The maximum atomic E-state index is 13.6. The first-order valence-corrected chi connectivity index (χ1v) is 8.44. The molecule has 0 atom stereocenters. The Kier molecular flexibility index (Phi) is 5.46. The fourth-order valence-electron chi connectivity index (χ4n) is 2.92. The molecular weight excluding hydrogens is 339 g/mol. The Bertz CT molecular complexity index is 796. The Morgan fingerprint density at radius 1 is 0.923 bits per heavy atom. The lowest BCUT2D eigenvalue weighted by molar-refractivity contribution is -0.132. The molecule has 0 radical (unpaired) electrons. The highest BCUT2D eigenvalue weighted by Crippen LogP contribution is 2.13. The van der Waals surface area contributed by atoms with Crippen molar-refractivity contribution in [3.63, 3.8) is 0 Å². The molecule has 1 aromatic carbocycles. The fraction of sp³-hybridized carbons (Fsp3) is 0.316. The summed E-state index contributed by atoms with van der Waals surface area (Å²) in [6, 6.07) is 9.01. The lowest BCUT2D eigenvalue weighted by atomic mass is 10.1. The monoisotopic (exact) mass is 358 g/mol. The number of nitrogens with zero attached hydrogens (tertiary/aromatic N) is 2. The largest absolute Gasteiger partial charge is 0.459 e. The number of rotatable bonds is 5. The Labute approximate surface area is 150 Å². The molecule has 136 valence electrons. The number of Topliss-reactive ketones (excluding diaryl/α,β-unsaturated/α-hetero) is 1. The van der Waals surface area contributed by atoms with E-state index in [0.29, 0.717) is 26.2 Å². The summed E-state index contributed by atoms with van der Waals surface area (Å²) >= 11 is 0. The molecule has 2 aromatic rings. The van der Waals surface area contributed by atoms with Gasteiger partial charge in [0.15, 0.2) is 11.5 Å². The predicted octanol–water partition coefficient (Wildman–Crippen LogP) is 2.37. The summed E-state index contributed by atoms with van der Waals surface area (Å²) in [6.45, 7) is 1.62. The molecule has 0 spiro atoms. The minimum Gasteiger partial charge on any atom is -0.459 e. The summed E-state index contributed by atoms with van der Waals surface area (Å²) < 4.78 is 18.7. The molecule has 1 aromatic heterocycles. The number of halogens is 1. The van der Waals surface area contributed by atoms with Gasteiger partial charge in [0.05, 0.1) is 11.8 Å². The predicted molar refractivity (Wildman–Crippen MR) is 91.2 cm³/mol. The van der Waals surface area contributed by atoms with Crippen LogP contribution in [0.1, 0.15) is 33.8 Å². The number of ketones is 1. The van der Waals surface area contributed by atoms with Crippen molar-refractivity contribution < 1.29 is 23.2 Å². The first kappa shape index (κ1) is 17.8. The van der Waals surface area contributed by atoms with Gasteiger partial charge < -0.3 is 14.2 Å². The van der Waals surface area contributed by atoms with E-state index in [1.807, 2.05) is 0 Å². The number of carbonyl (C=O) groups excluding carboxylic acids is 3. The molecule has 0 unspecified atom stereocenters. The number of hydrogen-bond acceptors (Lipinski definition) is 4. The van der Waals surface area contributed by atoms with Crippen LogP contribution in [0.15, 0.2) is 47.1 Å². The van der Waals surface area contributed by atoms with Crippen molar-refractivity contribution in [2.45, 2.75) is 12.8 Å². The van der Waals surface area contributed by atoms with Crippen molar-refractivity contribution in [3.05, 3.63) is 59.8 Å². The van der Waals surface area contributed by atoms with E-state index < -0.39 is 5.82 Å². The quantitative estimate of drug-likeness (QED) is 0.770. The third-order valence-electron chi connectivity index (χ3n) is 4.39. The number of carbonyl (C=O) groups is 3. The smallest absolute Gasteiger partial charge is 0.289 e. The first-order valence-electron chi connectivity index (χ1n) is 8.44. The van der Waals surface area contributed by atoms with Crippen molar-refractivity contribution in [1.29, 1.82) is 0 Å². The average Bonchev–Trinajstić information content (AvgIpc) is 3.20. The van der Waals surface area contributed by atoms with Crippen LogP contribution in [0.2, 0.25) is 0 Å². The molecule has 0 aliphatic carbocycles. The van der Waals surface area contributed by atoms with Gasteiger partial charge in [-0.15, -0.1) is 0 Å². The number of benzene rings is 1. The Hall–Kier alpha value is -2.96. The normalized spacial score (nSPS) is 14.3. The highest BCUT2D eigenvalue weighted by Gasteiger charge is 2.26. The standard InChI is InChI=1S/C19H19FN2O4/c20-15-5-2-1-4-14(15)16(23)7-8-18(24)21-9-11-22(12-10-21)19(25)17-6-3-13-26-17/h1-6,13H,7-12H2. The van der Waals surface area contributed by atoms with Crippen molar-refractivity contribution in [2.24, 2.45) is 0 Å². The van der Waals surface area contributed by atoms with Gasteiger partial charge in [0, 0.05) is 39.0 Å². The van der Waals surface area contributed by atoms with E-state index in [2.05, 4.69) is 0 Å². The molecule has 1 aliphatic rings. The van der Waals surface area contributed by atoms with Crippen LogP contribution in [0, 0.1) is 5.82 Å². The molecule has 7 heteroatoms. The third-order valence-corrected chi connectivity index (χ3v) is 4.39. The van der Waals surface area contributed by atoms with Crippen molar-refractivity contribution in [3.8, 4) is 0 Å². The molecule has 0 N–H and O–H groups in total. The van der Waals surface area contributed by atoms with E-state index in [0.717, 1.165) is 0 Å². The summed E-state index contributed by atoms with van der Waals surface area (Å²) in [5.74, 6) is -1.05. The molecule has 0 saturated carbocycles. The van der Waals surface area contributed by atoms with Gasteiger partial charge in [0.1, 0.15) is 5.82 Å². The molecule has 26 heavy (non-hydrogen) atoms. The lowest BCUT2D eigenvalue weighted by Gasteiger charge is -2.34. The zero-order valence-corrected chi connectivity index (χ0v) is 14.2. The second-order valence-electron chi connectivity index (χ2n) is 6.05.